The van der Waals surface area contributed by atoms with E-state index in [2.05, 4.69) is 32.6 Å². The van der Waals surface area contributed by atoms with Crippen LogP contribution in [-0.4, -0.2) is 43.2 Å². The topological polar surface area (TPSA) is 47.6 Å². The lowest BCUT2D eigenvalue weighted by atomic mass is 10.0. The zero-order valence-corrected chi connectivity index (χ0v) is 14.3. The second-order valence-corrected chi connectivity index (χ2v) is 6.76. The number of nitrogens with one attached hydrogen (secondary N) is 2. The lowest BCUT2D eigenvalue weighted by molar-refractivity contribution is 0.250. The number of carbonyl (C=O) groups excluding carboxylic acids is 1. The van der Waals surface area contributed by atoms with Gasteiger partial charge in [-0.2, -0.15) is 0 Å². The first-order valence-electron chi connectivity index (χ1n) is 9.00. The smallest absolute Gasteiger partial charge is 0.323 e. The Morgan fingerprint density at radius 2 is 1.44 bits per heavy atom. The van der Waals surface area contributed by atoms with Crippen LogP contribution < -0.4 is 15.5 Å². The third kappa shape index (κ3) is 3.77. The van der Waals surface area contributed by atoms with Gasteiger partial charge in [-0.3, -0.25) is 0 Å². The van der Waals surface area contributed by atoms with Gasteiger partial charge in [-0.05, 0) is 49.2 Å². The largest absolute Gasteiger partial charge is 0.367 e. The van der Waals surface area contributed by atoms with Gasteiger partial charge in [-0.15, -0.1) is 0 Å². The second kappa shape index (κ2) is 7.15. The zero-order chi connectivity index (χ0) is 17.1. The van der Waals surface area contributed by atoms with Crippen LogP contribution in [0.2, 0.25) is 0 Å². The first kappa shape index (κ1) is 16.0. The number of benzene rings is 2. The number of anilines is 3. The van der Waals surface area contributed by atoms with Crippen LogP contribution in [0, 0.1) is 0 Å². The van der Waals surface area contributed by atoms with Crippen molar-refractivity contribution in [2.75, 3.05) is 41.7 Å². The van der Waals surface area contributed by atoms with Crippen molar-refractivity contribution in [1.82, 2.24) is 4.90 Å². The fourth-order valence-corrected chi connectivity index (χ4v) is 3.78. The SMILES string of the molecule is O=C(Nc1ccccc1)Nc1ccc(N2CCN3CCC2CC3)cc1. The molecule has 3 aliphatic heterocycles. The van der Waals surface area contributed by atoms with E-state index >= 15 is 0 Å². The molecule has 0 aromatic heterocycles. The normalized spacial score (nSPS) is 22.3. The summed E-state index contributed by atoms with van der Waals surface area (Å²) in [6, 6.07) is 18.1. The molecule has 0 radical (unpaired) electrons. The van der Waals surface area contributed by atoms with Crippen LogP contribution in [0.5, 0.6) is 0 Å². The number of fused-ring (bicyclic) bond motifs is 4. The van der Waals surface area contributed by atoms with Gasteiger partial charge in [0, 0.05) is 49.3 Å². The Kier molecular flexibility index (Phi) is 4.57. The van der Waals surface area contributed by atoms with Crippen molar-refractivity contribution in [2.45, 2.75) is 18.9 Å². The summed E-state index contributed by atoms with van der Waals surface area (Å²) in [6.45, 7) is 4.68. The van der Waals surface area contributed by atoms with E-state index in [-0.39, 0.29) is 6.03 Å². The van der Waals surface area contributed by atoms with Crippen molar-refractivity contribution in [3.63, 3.8) is 0 Å². The number of para-hydroxylation sites is 1. The van der Waals surface area contributed by atoms with Gasteiger partial charge in [0.1, 0.15) is 0 Å². The molecular weight excluding hydrogens is 312 g/mol. The monoisotopic (exact) mass is 336 g/mol. The summed E-state index contributed by atoms with van der Waals surface area (Å²) in [5, 5.41) is 5.72. The number of rotatable bonds is 3. The van der Waals surface area contributed by atoms with Gasteiger partial charge in [0.05, 0.1) is 0 Å². The molecule has 5 heteroatoms. The maximum atomic E-state index is 12.1. The molecule has 2 aromatic rings. The molecule has 0 aliphatic carbocycles. The summed E-state index contributed by atoms with van der Waals surface area (Å²) >= 11 is 0. The van der Waals surface area contributed by atoms with E-state index in [4.69, 9.17) is 0 Å². The van der Waals surface area contributed by atoms with Crippen LogP contribution in [0.25, 0.3) is 0 Å². The first-order chi connectivity index (χ1) is 12.3. The predicted molar refractivity (Wildman–Crippen MR) is 102 cm³/mol. The molecule has 2 aromatic carbocycles. The van der Waals surface area contributed by atoms with E-state index in [0.717, 1.165) is 24.5 Å². The summed E-state index contributed by atoms with van der Waals surface area (Å²) in [6.07, 6.45) is 2.50. The lowest BCUT2D eigenvalue weighted by Gasteiger charge is -2.33. The molecule has 3 aliphatic rings. The Bertz CT molecular complexity index is 708. The molecule has 2 amide bonds. The van der Waals surface area contributed by atoms with Crippen LogP contribution in [0.3, 0.4) is 0 Å². The maximum Gasteiger partial charge on any atom is 0.323 e. The average Bonchev–Trinajstić information content (AvgIpc) is 2.97. The molecule has 3 fully saturated rings. The average molecular weight is 336 g/mol. The summed E-state index contributed by atoms with van der Waals surface area (Å²) in [4.78, 5) is 17.2. The zero-order valence-electron chi connectivity index (χ0n) is 14.3. The van der Waals surface area contributed by atoms with E-state index in [1.54, 1.807) is 0 Å². The van der Waals surface area contributed by atoms with Gasteiger partial charge < -0.3 is 20.4 Å². The summed E-state index contributed by atoms with van der Waals surface area (Å²) in [7, 11) is 0. The number of urea groups is 1. The third-order valence-corrected chi connectivity index (χ3v) is 5.14. The van der Waals surface area contributed by atoms with E-state index in [1.807, 2.05) is 42.5 Å². The fraction of sp³-hybridized carbons (Fsp3) is 0.350. The number of piperidine rings is 1. The number of amides is 2. The Balaban J connectivity index is 1.39. The molecule has 0 spiro atoms. The molecule has 5 rings (SSSR count). The van der Waals surface area contributed by atoms with Crippen molar-refractivity contribution >= 4 is 23.1 Å². The van der Waals surface area contributed by atoms with E-state index < -0.39 is 0 Å². The van der Waals surface area contributed by atoms with E-state index in [0.29, 0.717) is 6.04 Å². The molecule has 25 heavy (non-hydrogen) atoms. The highest BCUT2D eigenvalue weighted by atomic mass is 16.2. The molecule has 3 saturated heterocycles. The van der Waals surface area contributed by atoms with Gasteiger partial charge in [-0.1, -0.05) is 18.2 Å². The standard InChI is InChI=1S/C20H24N4O/c25-20(21-16-4-2-1-3-5-16)22-17-6-8-18(9-7-17)24-15-14-23-12-10-19(24)11-13-23/h1-9,19H,10-15H2,(H2,21,22,25). The first-order valence-corrected chi connectivity index (χ1v) is 9.00. The molecule has 3 heterocycles. The van der Waals surface area contributed by atoms with Gasteiger partial charge in [0.25, 0.3) is 0 Å². The molecule has 0 atom stereocenters. The van der Waals surface area contributed by atoms with Crippen LogP contribution in [-0.2, 0) is 0 Å². The van der Waals surface area contributed by atoms with E-state index in [9.17, 15) is 4.79 Å². The molecule has 2 bridgehead atoms. The van der Waals surface area contributed by atoms with Crippen molar-refractivity contribution < 1.29 is 4.79 Å². The molecule has 5 nitrogen and oxygen atoms in total. The number of carbonyl (C=O) groups is 1. The van der Waals surface area contributed by atoms with Gasteiger partial charge in [0.2, 0.25) is 0 Å². The Labute approximate surface area is 148 Å². The molecule has 0 unspecified atom stereocenters. The number of hydrogen-bond donors (Lipinski definition) is 2. The second-order valence-electron chi connectivity index (χ2n) is 6.76. The molecule has 130 valence electrons. The van der Waals surface area contributed by atoms with E-state index in [1.165, 1.54) is 31.6 Å². The van der Waals surface area contributed by atoms with Crippen LogP contribution in [0.4, 0.5) is 21.9 Å². The third-order valence-electron chi connectivity index (χ3n) is 5.14. The quantitative estimate of drug-likeness (QED) is 0.900. The minimum Gasteiger partial charge on any atom is -0.367 e. The fourth-order valence-electron chi connectivity index (χ4n) is 3.78. The summed E-state index contributed by atoms with van der Waals surface area (Å²) < 4.78 is 0. The number of hydrogen-bond acceptors (Lipinski definition) is 3. The predicted octanol–water partition coefficient (Wildman–Crippen LogP) is 3.62. The molecule has 2 N–H and O–H groups in total. The number of nitrogens with zero attached hydrogens (tertiary/aromatic N) is 2. The van der Waals surface area contributed by atoms with Gasteiger partial charge >= 0.3 is 6.03 Å². The minimum absolute atomic E-state index is 0.222. The van der Waals surface area contributed by atoms with Crippen molar-refractivity contribution in [3.05, 3.63) is 54.6 Å². The Hall–Kier alpha value is -2.53. The summed E-state index contributed by atoms with van der Waals surface area (Å²) in [5.74, 6) is 0. The van der Waals surface area contributed by atoms with Crippen molar-refractivity contribution in [2.24, 2.45) is 0 Å². The molecular formula is C20H24N4O. The van der Waals surface area contributed by atoms with Gasteiger partial charge in [-0.25, -0.2) is 4.79 Å². The highest BCUT2D eigenvalue weighted by Gasteiger charge is 2.28. The van der Waals surface area contributed by atoms with Crippen molar-refractivity contribution in [3.8, 4) is 0 Å². The highest BCUT2D eigenvalue weighted by Crippen LogP contribution is 2.27. The van der Waals surface area contributed by atoms with Crippen LogP contribution in [0.1, 0.15) is 12.8 Å². The summed E-state index contributed by atoms with van der Waals surface area (Å²) in [5.41, 5.74) is 2.84. The van der Waals surface area contributed by atoms with Crippen molar-refractivity contribution in [1.29, 1.82) is 0 Å². The van der Waals surface area contributed by atoms with Gasteiger partial charge in [0.15, 0.2) is 0 Å². The van der Waals surface area contributed by atoms with Crippen LogP contribution in [0.15, 0.2) is 54.6 Å². The maximum absolute atomic E-state index is 12.1. The Morgan fingerprint density at radius 1 is 0.800 bits per heavy atom. The Morgan fingerprint density at radius 3 is 2.12 bits per heavy atom. The van der Waals surface area contributed by atoms with Crippen LogP contribution >= 0.6 is 0 Å². The minimum atomic E-state index is -0.222. The molecule has 0 saturated carbocycles. The highest BCUT2D eigenvalue weighted by molar-refractivity contribution is 5.99. The lowest BCUT2D eigenvalue weighted by Crippen LogP contribution is -2.37.